The lowest BCUT2D eigenvalue weighted by atomic mass is 10.1. The van der Waals surface area contributed by atoms with Crippen LogP contribution in [0.1, 0.15) is 31.7 Å². The quantitative estimate of drug-likeness (QED) is 0.807. The number of nitrogens with one attached hydrogen (secondary N) is 1. The molecular formula is C20H25N3O4. The largest absolute Gasteiger partial charge is 0.376 e. The molecule has 1 aliphatic heterocycles. The van der Waals surface area contributed by atoms with Gasteiger partial charge in [-0.05, 0) is 49.9 Å². The van der Waals surface area contributed by atoms with Crippen LogP contribution in [-0.2, 0) is 20.8 Å². The smallest absolute Gasteiger partial charge is 0.347 e. The average molecular weight is 371 g/mol. The van der Waals surface area contributed by atoms with Crippen molar-refractivity contribution in [2.24, 2.45) is 0 Å². The van der Waals surface area contributed by atoms with Gasteiger partial charge in [-0.2, -0.15) is 0 Å². The number of rotatable bonds is 7. The Hall–Kier alpha value is -2.51. The first-order valence-electron chi connectivity index (χ1n) is 9.26. The normalized spacial score (nSPS) is 18.0. The van der Waals surface area contributed by atoms with E-state index in [4.69, 9.17) is 9.47 Å². The molecular weight excluding hydrogens is 346 g/mol. The molecule has 7 heteroatoms. The lowest BCUT2D eigenvalue weighted by Crippen LogP contribution is -2.32. The van der Waals surface area contributed by atoms with Crippen molar-refractivity contribution in [2.75, 3.05) is 18.5 Å². The third-order valence-electron chi connectivity index (χ3n) is 4.51. The minimum atomic E-state index is -0.569. The number of anilines is 1. The second-order valence-corrected chi connectivity index (χ2v) is 6.68. The van der Waals surface area contributed by atoms with Crippen LogP contribution in [0.3, 0.4) is 0 Å². The Kier molecular flexibility index (Phi) is 6.73. The topological polar surface area (TPSA) is 82.4 Å². The highest BCUT2D eigenvalue weighted by Gasteiger charge is 2.19. The van der Waals surface area contributed by atoms with Crippen LogP contribution in [0.25, 0.3) is 0 Å². The summed E-state index contributed by atoms with van der Waals surface area (Å²) in [6.45, 7) is 3.32. The van der Waals surface area contributed by atoms with Crippen LogP contribution in [0.4, 0.5) is 5.69 Å². The maximum Gasteiger partial charge on any atom is 0.347 e. The Morgan fingerprint density at radius 2 is 2.30 bits per heavy atom. The fourth-order valence-electron chi connectivity index (χ4n) is 2.96. The highest BCUT2D eigenvalue weighted by Crippen LogP contribution is 2.15. The van der Waals surface area contributed by atoms with Crippen molar-refractivity contribution in [1.82, 2.24) is 9.55 Å². The van der Waals surface area contributed by atoms with Crippen molar-refractivity contribution in [3.8, 4) is 0 Å². The van der Waals surface area contributed by atoms with E-state index in [9.17, 15) is 9.59 Å². The van der Waals surface area contributed by atoms with Gasteiger partial charge in [0.1, 0.15) is 6.10 Å². The highest BCUT2D eigenvalue weighted by molar-refractivity contribution is 5.93. The number of benzene rings is 1. The summed E-state index contributed by atoms with van der Waals surface area (Å²) in [5.41, 5.74) is 1.25. The third kappa shape index (κ3) is 5.74. The van der Waals surface area contributed by atoms with E-state index >= 15 is 0 Å². The molecule has 2 heterocycles. The number of carbonyl (C=O) groups is 1. The molecule has 2 atom stereocenters. The Balaban J connectivity index is 1.54. The summed E-state index contributed by atoms with van der Waals surface area (Å²) in [4.78, 5) is 27.8. The second kappa shape index (κ2) is 9.43. The lowest BCUT2D eigenvalue weighted by Gasteiger charge is -2.24. The summed E-state index contributed by atoms with van der Waals surface area (Å²) in [6.07, 6.45) is 5.87. The maximum absolute atomic E-state index is 12.4. The fraction of sp³-hybridized carbons (Fsp3) is 0.450. The molecule has 1 aromatic heterocycles. The van der Waals surface area contributed by atoms with E-state index in [1.54, 1.807) is 19.2 Å². The summed E-state index contributed by atoms with van der Waals surface area (Å²) in [5, 5.41) is 2.86. The Morgan fingerprint density at radius 1 is 1.41 bits per heavy atom. The predicted octanol–water partition coefficient (Wildman–Crippen LogP) is 2.20. The van der Waals surface area contributed by atoms with E-state index < -0.39 is 6.10 Å². The molecule has 1 aliphatic rings. The number of hydrogen-bond acceptors (Lipinski definition) is 5. The zero-order valence-electron chi connectivity index (χ0n) is 15.5. The molecule has 27 heavy (non-hydrogen) atoms. The van der Waals surface area contributed by atoms with Crippen LogP contribution in [0.15, 0.2) is 47.5 Å². The first kappa shape index (κ1) is 19.3. The Morgan fingerprint density at radius 3 is 3.07 bits per heavy atom. The van der Waals surface area contributed by atoms with E-state index in [0.717, 1.165) is 31.4 Å². The molecule has 0 bridgehead atoms. The van der Waals surface area contributed by atoms with E-state index in [2.05, 4.69) is 10.3 Å². The van der Waals surface area contributed by atoms with Gasteiger partial charge in [-0.25, -0.2) is 9.78 Å². The van der Waals surface area contributed by atoms with E-state index in [0.29, 0.717) is 18.8 Å². The monoisotopic (exact) mass is 371 g/mol. The molecule has 1 aromatic carbocycles. The summed E-state index contributed by atoms with van der Waals surface area (Å²) < 4.78 is 12.8. The first-order chi connectivity index (χ1) is 13.1. The summed E-state index contributed by atoms with van der Waals surface area (Å²) in [7, 11) is 0. The van der Waals surface area contributed by atoms with Crippen molar-refractivity contribution < 1.29 is 14.3 Å². The van der Waals surface area contributed by atoms with Gasteiger partial charge in [0.2, 0.25) is 0 Å². The van der Waals surface area contributed by atoms with Gasteiger partial charge in [-0.1, -0.05) is 12.1 Å². The lowest BCUT2D eigenvalue weighted by molar-refractivity contribution is -0.130. The van der Waals surface area contributed by atoms with Gasteiger partial charge in [0.15, 0.2) is 0 Å². The first-order valence-corrected chi connectivity index (χ1v) is 9.26. The van der Waals surface area contributed by atoms with E-state index in [1.165, 1.54) is 10.8 Å². The van der Waals surface area contributed by atoms with Crippen LogP contribution >= 0.6 is 0 Å². The molecule has 7 nitrogen and oxygen atoms in total. The van der Waals surface area contributed by atoms with Gasteiger partial charge in [-0.15, -0.1) is 0 Å². The number of ether oxygens (including phenoxy) is 2. The Labute approximate surface area is 158 Å². The zero-order chi connectivity index (χ0) is 19.1. The number of hydrogen-bond donors (Lipinski definition) is 1. The van der Waals surface area contributed by atoms with Gasteiger partial charge >= 0.3 is 5.69 Å². The molecule has 2 unspecified atom stereocenters. The van der Waals surface area contributed by atoms with Crippen molar-refractivity contribution in [3.63, 3.8) is 0 Å². The van der Waals surface area contributed by atoms with Gasteiger partial charge < -0.3 is 14.8 Å². The molecule has 0 saturated carbocycles. The second-order valence-electron chi connectivity index (χ2n) is 6.68. The third-order valence-corrected chi connectivity index (χ3v) is 4.51. The molecule has 1 N–H and O–H groups in total. The summed E-state index contributed by atoms with van der Waals surface area (Å²) in [5.74, 6) is -0.207. The maximum atomic E-state index is 12.4. The van der Waals surface area contributed by atoms with Crippen LogP contribution in [0.2, 0.25) is 0 Å². The summed E-state index contributed by atoms with van der Waals surface area (Å²) in [6, 6.07) is 9.10. The number of carbonyl (C=O) groups excluding carboxylic acids is 1. The molecule has 1 amide bonds. The SMILES string of the molecule is CC(OCC1CCCCO1)C(=O)Nc1cccc(Cn2cccnc2=O)c1. The van der Waals surface area contributed by atoms with Crippen molar-refractivity contribution >= 4 is 11.6 Å². The standard InChI is InChI=1S/C20H25N3O4/c1-15(27-14-18-8-2-3-11-26-18)19(24)22-17-7-4-6-16(12-17)13-23-10-5-9-21-20(23)25/h4-7,9-10,12,15,18H,2-3,8,11,13-14H2,1H3,(H,22,24). The van der Waals surface area contributed by atoms with Crippen molar-refractivity contribution in [1.29, 1.82) is 0 Å². The zero-order valence-corrected chi connectivity index (χ0v) is 15.5. The molecule has 144 valence electrons. The molecule has 3 rings (SSSR count). The molecule has 1 saturated heterocycles. The van der Waals surface area contributed by atoms with Gasteiger partial charge in [0.25, 0.3) is 5.91 Å². The fourth-order valence-corrected chi connectivity index (χ4v) is 2.96. The minimum Gasteiger partial charge on any atom is -0.376 e. The van der Waals surface area contributed by atoms with Gasteiger partial charge in [0.05, 0.1) is 19.3 Å². The molecule has 0 aliphatic carbocycles. The average Bonchev–Trinajstić information content (AvgIpc) is 2.69. The number of amides is 1. The van der Waals surface area contributed by atoms with E-state index in [-0.39, 0.29) is 17.7 Å². The van der Waals surface area contributed by atoms with Crippen LogP contribution < -0.4 is 11.0 Å². The van der Waals surface area contributed by atoms with Gasteiger partial charge in [0, 0.05) is 24.7 Å². The van der Waals surface area contributed by atoms with E-state index in [1.807, 2.05) is 24.3 Å². The minimum absolute atomic E-state index is 0.0788. The van der Waals surface area contributed by atoms with Crippen LogP contribution in [0, 0.1) is 0 Å². The molecule has 0 spiro atoms. The number of aromatic nitrogens is 2. The number of nitrogens with zero attached hydrogens (tertiary/aromatic N) is 2. The van der Waals surface area contributed by atoms with Crippen molar-refractivity contribution in [3.05, 3.63) is 58.8 Å². The van der Waals surface area contributed by atoms with Crippen LogP contribution in [0.5, 0.6) is 0 Å². The molecule has 1 fully saturated rings. The molecule has 2 aromatic rings. The van der Waals surface area contributed by atoms with Crippen molar-refractivity contribution in [2.45, 2.75) is 44.9 Å². The highest BCUT2D eigenvalue weighted by atomic mass is 16.5. The van der Waals surface area contributed by atoms with Gasteiger partial charge in [-0.3, -0.25) is 9.36 Å². The van der Waals surface area contributed by atoms with Crippen LogP contribution in [-0.4, -0.2) is 40.9 Å². The Bertz CT molecular complexity index is 815. The molecule has 0 radical (unpaired) electrons. The summed E-state index contributed by atoms with van der Waals surface area (Å²) >= 11 is 0. The predicted molar refractivity (Wildman–Crippen MR) is 102 cm³/mol.